The molecule has 1 heterocycles. The highest BCUT2D eigenvalue weighted by molar-refractivity contribution is 7.91. The Hall–Kier alpha value is -1.33. The van der Waals surface area contributed by atoms with Gasteiger partial charge in [-0.3, -0.25) is 0 Å². The predicted octanol–water partition coefficient (Wildman–Crippen LogP) is 2.08. The number of nitrogens with zero attached hydrogens (tertiary/aromatic N) is 1. The van der Waals surface area contributed by atoms with Crippen molar-refractivity contribution in [2.75, 3.05) is 5.75 Å². The second-order valence-corrected chi connectivity index (χ2v) is 6.05. The maximum atomic E-state index is 11.8. The highest BCUT2D eigenvalue weighted by Crippen LogP contribution is 2.12. The lowest BCUT2D eigenvalue weighted by Crippen LogP contribution is -2.10. The number of sulfone groups is 1. The number of halogens is 1. The minimum absolute atomic E-state index is 0.0199. The summed E-state index contributed by atoms with van der Waals surface area (Å²) >= 11 is 5.75. The largest absolute Gasteiger partial charge is 0.336 e. The van der Waals surface area contributed by atoms with Gasteiger partial charge in [0.15, 0.2) is 0 Å². The average molecular weight is 271 g/mol. The molecule has 0 bridgehead atoms. The minimum Gasteiger partial charge on any atom is -0.336 e. The van der Waals surface area contributed by atoms with E-state index in [4.69, 9.17) is 11.6 Å². The molecule has 4 nitrogen and oxygen atoms in total. The first-order valence-corrected chi connectivity index (χ1v) is 7.07. The number of aryl methyl sites for hydroxylation is 1. The van der Waals surface area contributed by atoms with Crippen LogP contribution in [-0.4, -0.2) is 24.1 Å². The molecule has 0 aliphatic carbocycles. The van der Waals surface area contributed by atoms with Crippen molar-refractivity contribution < 1.29 is 8.42 Å². The van der Waals surface area contributed by atoms with Gasteiger partial charge in [0.25, 0.3) is 0 Å². The van der Waals surface area contributed by atoms with E-state index < -0.39 is 9.84 Å². The molecular weight excluding hydrogens is 260 g/mol. The normalized spacial score (nSPS) is 11.6. The first kappa shape index (κ1) is 12.1. The third kappa shape index (κ3) is 3.08. The van der Waals surface area contributed by atoms with E-state index in [1.54, 1.807) is 12.1 Å². The van der Waals surface area contributed by atoms with Gasteiger partial charge in [0, 0.05) is 17.4 Å². The smallest absolute Gasteiger partial charge is 0.224 e. The van der Waals surface area contributed by atoms with Gasteiger partial charge < -0.3 is 4.98 Å². The molecule has 0 saturated heterocycles. The van der Waals surface area contributed by atoms with Gasteiger partial charge in [0.2, 0.25) is 15.0 Å². The summed E-state index contributed by atoms with van der Waals surface area (Å²) in [6, 6.07) is 7.13. The van der Waals surface area contributed by atoms with Crippen LogP contribution in [-0.2, 0) is 16.3 Å². The number of H-pyrrole nitrogens is 1. The molecule has 17 heavy (non-hydrogen) atoms. The second-order valence-electron chi connectivity index (χ2n) is 3.59. The van der Waals surface area contributed by atoms with Crippen LogP contribution >= 0.6 is 11.6 Å². The summed E-state index contributed by atoms with van der Waals surface area (Å²) in [6.45, 7) is 0. The summed E-state index contributed by atoms with van der Waals surface area (Å²) in [5.74, 6) is 0.0299. The number of imidazole rings is 1. The fourth-order valence-corrected chi connectivity index (χ4v) is 2.71. The predicted molar refractivity (Wildman–Crippen MR) is 65.8 cm³/mol. The first-order valence-electron chi connectivity index (χ1n) is 5.04. The van der Waals surface area contributed by atoms with Gasteiger partial charge in [-0.25, -0.2) is 13.4 Å². The van der Waals surface area contributed by atoms with E-state index in [0.717, 1.165) is 5.56 Å². The lowest BCUT2D eigenvalue weighted by atomic mass is 10.2. The molecule has 6 heteroatoms. The molecular formula is C11H11ClN2O2S. The van der Waals surface area contributed by atoms with E-state index in [-0.39, 0.29) is 10.9 Å². The quantitative estimate of drug-likeness (QED) is 0.925. The Kier molecular flexibility index (Phi) is 3.49. The molecule has 0 unspecified atom stereocenters. The summed E-state index contributed by atoms with van der Waals surface area (Å²) in [7, 11) is -3.32. The standard InChI is InChI=1S/C11H11ClN2O2S/c12-10-3-1-9(2-4-10)5-8-17(15,16)11-13-6-7-14-11/h1-4,6-7H,5,8H2,(H,13,14). The van der Waals surface area contributed by atoms with Gasteiger partial charge in [-0.2, -0.15) is 0 Å². The monoisotopic (exact) mass is 270 g/mol. The third-order valence-corrected chi connectivity index (χ3v) is 4.15. The molecule has 0 spiro atoms. The molecule has 1 N–H and O–H groups in total. The Balaban J connectivity index is 2.06. The van der Waals surface area contributed by atoms with Crippen molar-refractivity contribution in [1.82, 2.24) is 9.97 Å². The van der Waals surface area contributed by atoms with Gasteiger partial charge in [-0.05, 0) is 24.1 Å². The summed E-state index contributed by atoms with van der Waals surface area (Å²) in [6.07, 6.45) is 3.37. The summed E-state index contributed by atoms with van der Waals surface area (Å²) in [5, 5.41) is 0.661. The first-order chi connectivity index (χ1) is 8.08. The Morgan fingerprint density at radius 1 is 1.24 bits per heavy atom. The summed E-state index contributed by atoms with van der Waals surface area (Å²) in [5.41, 5.74) is 0.935. The van der Waals surface area contributed by atoms with Crippen molar-refractivity contribution >= 4 is 21.4 Å². The second kappa shape index (κ2) is 4.89. The van der Waals surface area contributed by atoms with Crippen LogP contribution in [0.15, 0.2) is 41.8 Å². The molecule has 0 fully saturated rings. The van der Waals surface area contributed by atoms with Crippen LogP contribution in [0.25, 0.3) is 0 Å². The molecule has 0 aliphatic rings. The number of benzene rings is 1. The zero-order valence-corrected chi connectivity index (χ0v) is 10.5. The topological polar surface area (TPSA) is 62.8 Å². The SMILES string of the molecule is O=S(=O)(CCc1ccc(Cl)cc1)c1ncc[nH]1. The number of hydrogen-bond acceptors (Lipinski definition) is 3. The maximum Gasteiger partial charge on any atom is 0.224 e. The zero-order valence-electron chi connectivity index (χ0n) is 8.93. The fourth-order valence-electron chi connectivity index (χ4n) is 1.42. The zero-order chi connectivity index (χ0) is 12.3. The van der Waals surface area contributed by atoms with Crippen molar-refractivity contribution in [3.8, 4) is 0 Å². The molecule has 0 radical (unpaired) electrons. The van der Waals surface area contributed by atoms with E-state index in [1.807, 2.05) is 12.1 Å². The van der Waals surface area contributed by atoms with Crippen LogP contribution in [0.3, 0.4) is 0 Å². The van der Waals surface area contributed by atoms with Crippen LogP contribution in [0, 0.1) is 0 Å². The van der Waals surface area contributed by atoms with Gasteiger partial charge in [0.1, 0.15) is 0 Å². The summed E-state index contributed by atoms with van der Waals surface area (Å²) in [4.78, 5) is 6.35. The maximum absolute atomic E-state index is 11.8. The van der Waals surface area contributed by atoms with Crippen LogP contribution in [0.1, 0.15) is 5.56 Å². The highest BCUT2D eigenvalue weighted by Gasteiger charge is 2.16. The fraction of sp³-hybridized carbons (Fsp3) is 0.182. The van der Waals surface area contributed by atoms with E-state index in [9.17, 15) is 8.42 Å². The molecule has 2 aromatic rings. The van der Waals surface area contributed by atoms with Gasteiger partial charge in [-0.15, -0.1) is 0 Å². The number of aromatic amines is 1. The molecule has 0 amide bonds. The van der Waals surface area contributed by atoms with E-state index in [1.165, 1.54) is 12.4 Å². The molecule has 1 aromatic heterocycles. The van der Waals surface area contributed by atoms with Gasteiger partial charge >= 0.3 is 0 Å². The van der Waals surface area contributed by atoms with Crippen LogP contribution < -0.4 is 0 Å². The van der Waals surface area contributed by atoms with Crippen molar-refractivity contribution in [3.05, 3.63) is 47.2 Å². The third-order valence-electron chi connectivity index (χ3n) is 2.34. The van der Waals surface area contributed by atoms with E-state index in [2.05, 4.69) is 9.97 Å². The Morgan fingerprint density at radius 2 is 1.94 bits per heavy atom. The molecule has 0 aliphatic heterocycles. The lowest BCUT2D eigenvalue weighted by molar-refractivity contribution is 0.588. The number of rotatable bonds is 4. The number of hydrogen-bond donors (Lipinski definition) is 1. The number of aromatic nitrogens is 2. The van der Waals surface area contributed by atoms with Gasteiger partial charge in [0.05, 0.1) is 5.75 Å². The Morgan fingerprint density at radius 3 is 2.53 bits per heavy atom. The number of nitrogens with one attached hydrogen (secondary N) is 1. The molecule has 90 valence electrons. The van der Waals surface area contributed by atoms with E-state index >= 15 is 0 Å². The lowest BCUT2D eigenvalue weighted by Gasteiger charge is -2.02. The van der Waals surface area contributed by atoms with Crippen molar-refractivity contribution in [3.63, 3.8) is 0 Å². The van der Waals surface area contributed by atoms with Gasteiger partial charge in [-0.1, -0.05) is 23.7 Å². The van der Waals surface area contributed by atoms with Crippen LogP contribution in [0.2, 0.25) is 5.02 Å². The van der Waals surface area contributed by atoms with E-state index in [0.29, 0.717) is 11.4 Å². The minimum atomic E-state index is -3.32. The Labute approximate surface area is 105 Å². The molecule has 1 aromatic carbocycles. The van der Waals surface area contributed by atoms with Crippen molar-refractivity contribution in [1.29, 1.82) is 0 Å². The van der Waals surface area contributed by atoms with Crippen molar-refractivity contribution in [2.24, 2.45) is 0 Å². The van der Waals surface area contributed by atoms with Crippen LogP contribution in [0.4, 0.5) is 0 Å². The van der Waals surface area contributed by atoms with Crippen LogP contribution in [0.5, 0.6) is 0 Å². The summed E-state index contributed by atoms with van der Waals surface area (Å²) < 4.78 is 23.6. The molecule has 0 atom stereocenters. The molecule has 2 rings (SSSR count). The van der Waals surface area contributed by atoms with Crippen molar-refractivity contribution in [2.45, 2.75) is 11.6 Å². The average Bonchev–Trinajstić information content (AvgIpc) is 2.82. The Bertz CT molecular complexity index is 576. The highest BCUT2D eigenvalue weighted by atomic mass is 35.5. The molecule has 0 saturated carbocycles.